The van der Waals surface area contributed by atoms with Crippen LogP contribution in [0.4, 0.5) is 5.00 Å². The van der Waals surface area contributed by atoms with Gasteiger partial charge in [-0.05, 0) is 19.9 Å². The van der Waals surface area contributed by atoms with E-state index in [1.165, 1.54) is 19.1 Å². The summed E-state index contributed by atoms with van der Waals surface area (Å²) in [6.07, 6.45) is -0.962. The van der Waals surface area contributed by atoms with E-state index in [4.69, 9.17) is 4.74 Å². The topological polar surface area (TPSA) is 86.5 Å². The number of esters is 1. The summed E-state index contributed by atoms with van der Waals surface area (Å²) in [5, 5.41) is 10.4. The van der Waals surface area contributed by atoms with Crippen molar-refractivity contribution in [2.45, 2.75) is 20.0 Å². The van der Waals surface area contributed by atoms with Gasteiger partial charge in [-0.1, -0.05) is 41.2 Å². The molecular formula is C15H13NO5S. The highest BCUT2D eigenvalue weighted by atomic mass is 32.1. The van der Waals surface area contributed by atoms with Crippen molar-refractivity contribution in [3.8, 4) is 0 Å². The second-order valence-electron chi connectivity index (χ2n) is 4.67. The molecule has 1 atom stereocenters. The molecule has 0 fully saturated rings. The number of rotatable bonds is 5. The number of carbonyl (C=O) groups excluding carboxylic acids is 2. The zero-order valence-electron chi connectivity index (χ0n) is 11.9. The lowest BCUT2D eigenvalue weighted by Crippen LogP contribution is -2.24. The minimum Gasteiger partial charge on any atom is -0.450 e. The third kappa shape index (κ3) is 3.56. The molecule has 0 saturated heterocycles. The van der Waals surface area contributed by atoms with Gasteiger partial charge in [0, 0.05) is 11.6 Å². The van der Waals surface area contributed by atoms with Crippen molar-refractivity contribution >= 4 is 28.1 Å². The molecule has 0 radical (unpaired) electrons. The largest absolute Gasteiger partial charge is 0.450 e. The van der Waals surface area contributed by atoms with Crippen LogP contribution in [0.3, 0.4) is 0 Å². The quantitative estimate of drug-likeness (QED) is 0.365. The van der Waals surface area contributed by atoms with E-state index in [2.05, 4.69) is 0 Å². The summed E-state index contributed by atoms with van der Waals surface area (Å²) in [5.74, 6) is -1.06. The molecular weight excluding hydrogens is 306 g/mol. The minimum atomic E-state index is -0.962. The van der Waals surface area contributed by atoms with Crippen LogP contribution in [-0.4, -0.2) is 22.8 Å². The van der Waals surface area contributed by atoms with Crippen LogP contribution < -0.4 is 0 Å². The number of nitrogens with zero attached hydrogens (tertiary/aromatic N) is 1. The number of ketones is 1. The fraction of sp³-hybridized carbons (Fsp3) is 0.200. The fourth-order valence-electron chi connectivity index (χ4n) is 1.76. The average Bonchev–Trinajstić information content (AvgIpc) is 2.97. The van der Waals surface area contributed by atoms with Crippen molar-refractivity contribution in [2.24, 2.45) is 0 Å². The number of ether oxygens (including phenoxy) is 1. The third-order valence-electron chi connectivity index (χ3n) is 2.96. The molecule has 0 aliphatic rings. The Morgan fingerprint density at radius 2 is 1.82 bits per heavy atom. The molecule has 1 aromatic carbocycles. The Kier molecular flexibility index (Phi) is 4.67. The lowest BCUT2D eigenvalue weighted by molar-refractivity contribution is -0.380. The van der Waals surface area contributed by atoms with Crippen LogP contribution >= 0.6 is 11.3 Å². The molecule has 0 unspecified atom stereocenters. The molecule has 114 valence electrons. The monoisotopic (exact) mass is 319 g/mol. The summed E-state index contributed by atoms with van der Waals surface area (Å²) in [5.41, 5.74) is 1.47. The van der Waals surface area contributed by atoms with Crippen molar-refractivity contribution < 1.29 is 19.2 Å². The van der Waals surface area contributed by atoms with Gasteiger partial charge in [0.2, 0.25) is 5.78 Å². The van der Waals surface area contributed by atoms with Crippen LogP contribution in [0.25, 0.3) is 0 Å². The maximum Gasteiger partial charge on any atom is 0.349 e. The van der Waals surface area contributed by atoms with E-state index in [0.717, 1.165) is 5.56 Å². The van der Waals surface area contributed by atoms with E-state index in [1.807, 2.05) is 6.92 Å². The molecule has 2 aromatic rings. The van der Waals surface area contributed by atoms with Crippen molar-refractivity contribution in [3.63, 3.8) is 0 Å². The maximum atomic E-state index is 12.2. The number of aryl methyl sites for hydroxylation is 1. The van der Waals surface area contributed by atoms with Gasteiger partial charge in [-0.3, -0.25) is 14.9 Å². The molecule has 1 heterocycles. The Morgan fingerprint density at radius 3 is 2.36 bits per heavy atom. The molecule has 7 heteroatoms. The Balaban J connectivity index is 2.05. The smallest absolute Gasteiger partial charge is 0.349 e. The normalized spacial score (nSPS) is 11.7. The number of benzene rings is 1. The Labute approximate surface area is 130 Å². The zero-order chi connectivity index (χ0) is 16.3. The SMILES string of the molecule is Cc1ccc(C(=O)[C@@H](C)OC(=O)c2ccc([N+](=O)[O-])s2)cc1. The van der Waals surface area contributed by atoms with Crippen molar-refractivity contribution in [2.75, 3.05) is 0 Å². The van der Waals surface area contributed by atoms with Crippen molar-refractivity contribution in [1.29, 1.82) is 0 Å². The van der Waals surface area contributed by atoms with Gasteiger partial charge in [-0.25, -0.2) is 4.79 Å². The van der Waals surface area contributed by atoms with E-state index in [0.29, 0.717) is 16.9 Å². The van der Waals surface area contributed by atoms with Gasteiger partial charge >= 0.3 is 11.0 Å². The number of Topliss-reactive ketones (excluding diaryl/α,β-unsaturated/α-hetero) is 1. The first-order valence-electron chi connectivity index (χ1n) is 6.44. The van der Waals surface area contributed by atoms with Crippen LogP contribution in [0.15, 0.2) is 36.4 Å². The van der Waals surface area contributed by atoms with E-state index < -0.39 is 17.0 Å². The fourth-order valence-corrected chi connectivity index (χ4v) is 2.46. The number of hydrogen-bond donors (Lipinski definition) is 0. The summed E-state index contributed by atoms with van der Waals surface area (Å²) in [6, 6.07) is 9.46. The van der Waals surface area contributed by atoms with E-state index >= 15 is 0 Å². The lowest BCUT2D eigenvalue weighted by Gasteiger charge is -2.11. The van der Waals surface area contributed by atoms with Crippen LogP contribution in [0.5, 0.6) is 0 Å². The number of nitro groups is 1. The van der Waals surface area contributed by atoms with Gasteiger partial charge < -0.3 is 4.74 Å². The van der Waals surface area contributed by atoms with Crippen LogP contribution in [0.2, 0.25) is 0 Å². The number of hydrogen-bond acceptors (Lipinski definition) is 6. The summed E-state index contributed by atoms with van der Waals surface area (Å²) >= 11 is 0.716. The summed E-state index contributed by atoms with van der Waals surface area (Å²) in [4.78, 5) is 34.1. The molecule has 1 aromatic heterocycles. The highest BCUT2D eigenvalue weighted by Gasteiger charge is 2.22. The van der Waals surface area contributed by atoms with Gasteiger partial charge in [0.15, 0.2) is 6.10 Å². The predicted molar refractivity (Wildman–Crippen MR) is 81.4 cm³/mol. The van der Waals surface area contributed by atoms with Crippen LogP contribution in [0.1, 0.15) is 32.5 Å². The zero-order valence-corrected chi connectivity index (χ0v) is 12.8. The van der Waals surface area contributed by atoms with Crippen LogP contribution in [0, 0.1) is 17.0 Å². The lowest BCUT2D eigenvalue weighted by atomic mass is 10.1. The minimum absolute atomic E-state index is 0.0928. The molecule has 0 amide bonds. The van der Waals surface area contributed by atoms with Crippen molar-refractivity contribution in [1.82, 2.24) is 0 Å². The standard InChI is InChI=1S/C15H13NO5S/c1-9-3-5-11(6-4-9)14(17)10(2)21-15(18)12-7-8-13(22-12)16(19)20/h3-8,10H,1-2H3/t10-/m1/s1. The van der Waals surface area contributed by atoms with Gasteiger partial charge in [0.25, 0.3) is 0 Å². The Hall–Kier alpha value is -2.54. The highest BCUT2D eigenvalue weighted by Crippen LogP contribution is 2.25. The Bertz CT molecular complexity index is 720. The van der Waals surface area contributed by atoms with Crippen LogP contribution in [-0.2, 0) is 4.74 Å². The molecule has 0 bridgehead atoms. The Morgan fingerprint density at radius 1 is 1.18 bits per heavy atom. The van der Waals surface area contributed by atoms with Gasteiger partial charge in [-0.2, -0.15) is 0 Å². The summed E-state index contributed by atoms with van der Waals surface area (Å²) in [7, 11) is 0. The molecule has 0 aliphatic carbocycles. The molecule has 0 saturated carbocycles. The molecule has 0 aliphatic heterocycles. The first-order valence-corrected chi connectivity index (χ1v) is 7.26. The first kappa shape index (κ1) is 15.8. The summed E-state index contributed by atoms with van der Waals surface area (Å²) in [6.45, 7) is 3.38. The highest BCUT2D eigenvalue weighted by molar-refractivity contribution is 7.17. The molecule has 22 heavy (non-hydrogen) atoms. The van der Waals surface area contributed by atoms with E-state index in [1.54, 1.807) is 24.3 Å². The third-order valence-corrected chi connectivity index (χ3v) is 3.98. The number of carbonyl (C=O) groups is 2. The summed E-state index contributed by atoms with van der Waals surface area (Å²) < 4.78 is 5.08. The van der Waals surface area contributed by atoms with E-state index in [-0.39, 0.29) is 15.7 Å². The molecule has 2 rings (SSSR count). The van der Waals surface area contributed by atoms with Crippen molar-refractivity contribution in [3.05, 3.63) is 62.5 Å². The predicted octanol–water partition coefficient (Wildman–Crippen LogP) is 3.39. The van der Waals surface area contributed by atoms with E-state index in [9.17, 15) is 19.7 Å². The molecule has 0 spiro atoms. The maximum absolute atomic E-state index is 12.2. The molecule has 0 N–H and O–H groups in total. The second-order valence-corrected chi connectivity index (χ2v) is 5.74. The first-order chi connectivity index (χ1) is 10.4. The van der Waals surface area contributed by atoms with Gasteiger partial charge in [0.1, 0.15) is 4.88 Å². The molecule has 6 nitrogen and oxygen atoms in total. The van der Waals surface area contributed by atoms with Gasteiger partial charge in [-0.15, -0.1) is 0 Å². The average molecular weight is 319 g/mol. The van der Waals surface area contributed by atoms with Gasteiger partial charge in [0.05, 0.1) is 4.92 Å². The number of thiophene rings is 1. The second kappa shape index (κ2) is 6.48.